The summed E-state index contributed by atoms with van der Waals surface area (Å²) >= 11 is 0. The van der Waals surface area contributed by atoms with Crippen LogP contribution in [-0.4, -0.2) is 17.4 Å². The van der Waals surface area contributed by atoms with Crippen LogP contribution in [0.1, 0.15) is 25.8 Å². The van der Waals surface area contributed by atoms with Crippen molar-refractivity contribution in [1.29, 1.82) is 0 Å². The number of rotatable bonds is 5. The van der Waals surface area contributed by atoms with Gasteiger partial charge in [0, 0.05) is 18.8 Å². The maximum Gasteiger partial charge on any atom is 0.244 e. The molecule has 0 saturated carbocycles. The SMILES string of the molecule is CCC(C)CNC(=O)C=Cc1ccc(N)nc1. The smallest absolute Gasteiger partial charge is 0.244 e. The van der Waals surface area contributed by atoms with Crippen molar-refractivity contribution in [3.8, 4) is 0 Å². The van der Waals surface area contributed by atoms with Crippen LogP contribution in [0.3, 0.4) is 0 Å². The third-order valence-electron chi connectivity index (χ3n) is 2.56. The van der Waals surface area contributed by atoms with Gasteiger partial charge in [0.15, 0.2) is 0 Å². The number of hydrogen-bond acceptors (Lipinski definition) is 3. The van der Waals surface area contributed by atoms with Gasteiger partial charge in [-0.1, -0.05) is 20.3 Å². The van der Waals surface area contributed by atoms with Crippen molar-refractivity contribution in [2.24, 2.45) is 5.92 Å². The number of hydrogen-bond donors (Lipinski definition) is 2. The molecule has 0 radical (unpaired) electrons. The highest BCUT2D eigenvalue weighted by Crippen LogP contribution is 2.03. The molecule has 0 fully saturated rings. The lowest BCUT2D eigenvalue weighted by Gasteiger charge is -2.07. The number of carbonyl (C=O) groups excluding carboxylic acids is 1. The van der Waals surface area contributed by atoms with Crippen molar-refractivity contribution in [2.75, 3.05) is 12.3 Å². The van der Waals surface area contributed by atoms with Gasteiger partial charge in [-0.05, 0) is 29.7 Å². The van der Waals surface area contributed by atoms with Crippen molar-refractivity contribution < 1.29 is 4.79 Å². The van der Waals surface area contributed by atoms with E-state index >= 15 is 0 Å². The van der Waals surface area contributed by atoms with E-state index in [2.05, 4.69) is 24.1 Å². The van der Waals surface area contributed by atoms with E-state index < -0.39 is 0 Å². The molecule has 4 heteroatoms. The third kappa shape index (κ3) is 5.15. The summed E-state index contributed by atoms with van der Waals surface area (Å²) in [7, 11) is 0. The second-order valence-electron chi connectivity index (χ2n) is 4.11. The first kappa shape index (κ1) is 13.2. The monoisotopic (exact) mass is 233 g/mol. The molecule has 17 heavy (non-hydrogen) atoms. The van der Waals surface area contributed by atoms with Crippen LogP contribution in [0.4, 0.5) is 5.82 Å². The van der Waals surface area contributed by atoms with E-state index in [9.17, 15) is 4.79 Å². The predicted octanol–water partition coefficient (Wildman–Crippen LogP) is 1.84. The van der Waals surface area contributed by atoms with Crippen LogP contribution < -0.4 is 11.1 Å². The standard InChI is InChI=1S/C13H19N3O/c1-3-10(2)8-16-13(17)7-5-11-4-6-12(14)15-9-11/h4-7,9-10H,3,8H2,1-2H3,(H2,14,15)(H,16,17). The Morgan fingerprint density at radius 1 is 1.59 bits per heavy atom. The third-order valence-corrected chi connectivity index (χ3v) is 2.56. The highest BCUT2D eigenvalue weighted by atomic mass is 16.1. The molecule has 1 aromatic rings. The number of aromatic nitrogens is 1. The Balaban J connectivity index is 2.42. The number of anilines is 1. The maximum atomic E-state index is 11.5. The summed E-state index contributed by atoms with van der Waals surface area (Å²) in [6, 6.07) is 3.53. The fraction of sp³-hybridized carbons (Fsp3) is 0.385. The van der Waals surface area contributed by atoms with Crippen LogP contribution in [0, 0.1) is 5.92 Å². The molecule has 1 atom stereocenters. The molecule has 0 aromatic carbocycles. The molecule has 0 spiro atoms. The van der Waals surface area contributed by atoms with Gasteiger partial charge < -0.3 is 11.1 Å². The zero-order chi connectivity index (χ0) is 12.7. The first-order valence-electron chi connectivity index (χ1n) is 5.79. The van der Waals surface area contributed by atoms with Gasteiger partial charge in [0.1, 0.15) is 5.82 Å². The minimum Gasteiger partial charge on any atom is -0.384 e. The molecule has 4 nitrogen and oxygen atoms in total. The number of nitrogens with one attached hydrogen (secondary N) is 1. The zero-order valence-corrected chi connectivity index (χ0v) is 10.3. The van der Waals surface area contributed by atoms with Gasteiger partial charge in [-0.25, -0.2) is 4.98 Å². The van der Waals surface area contributed by atoms with Crippen molar-refractivity contribution in [3.63, 3.8) is 0 Å². The fourth-order valence-electron chi connectivity index (χ4n) is 1.17. The normalized spacial score (nSPS) is 12.6. The molecule has 1 heterocycles. The van der Waals surface area contributed by atoms with Crippen molar-refractivity contribution >= 4 is 17.8 Å². The second-order valence-corrected chi connectivity index (χ2v) is 4.11. The summed E-state index contributed by atoms with van der Waals surface area (Å²) in [6.45, 7) is 4.92. The minimum atomic E-state index is -0.0814. The van der Waals surface area contributed by atoms with Gasteiger partial charge in [0.2, 0.25) is 5.91 Å². The number of carbonyl (C=O) groups is 1. The number of nitrogens with two attached hydrogens (primary N) is 1. The van der Waals surface area contributed by atoms with E-state index in [1.807, 2.05) is 6.07 Å². The largest absolute Gasteiger partial charge is 0.384 e. The first-order chi connectivity index (χ1) is 8.11. The van der Waals surface area contributed by atoms with E-state index in [1.165, 1.54) is 6.08 Å². The van der Waals surface area contributed by atoms with Gasteiger partial charge in [0.05, 0.1) is 0 Å². The molecule has 1 amide bonds. The van der Waals surface area contributed by atoms with Crippen molar-refractivity contribution in [3.05, 3.63) is 30.0 Å². The fourth-order valence-corrected chi connectivity index (χ4v) is 1.17. The van der Waals surface area contributed by atoms with E-state index in [4.69, 9.17) is 5.73 Å². The molecule has 1 aromatic heterocycles. The molecular weight excluding hydrogens is 214 g/mol. The summed E-state index contributed by atoms with van der Waals surface area (Å²) in [5.74, 6) is 0.899. The Morgan fingerprint density at radius 2 is 2.35 bits per heavy atom. The van der Waals surface area contributed by atoms with Crippen LogP contribution in [-0.2, 0) is 4.79 Å². The van der Waals surface area contributed by atoms with E-state index in [-0.39, 0.29) is 5.91 Å². The average molecular weight is 233 g/mol. The Hall–Kier alpha value is -1.84. The highest BCUT2D eigenvalue weighted by molar-refractivity contribution is 5.91. The van der Waals surface area contributed by atoms with E-state index in [1.54, 1.807) is 18.3 Å². The molecule has 1 unspecified atom stereocenters. The van der Waals surface area contributed by atoms with Crippen LogP contribution in [0.2, 0.25) is 0 Å². The number of nitrogen functional groups attached to an aromatic ring is 1. The lowest BCUT2D eigenvalue weighted by atomic mass is 10.1. The second kappa shape index (κ2) is 6.68. The molecule has 0 aliphatic rings. The summed E-state index contributed by atoms with van der Waals surface area (Å²) < 4.78 is 0. The highest BCUT2D eigenvalue weighted by Gasteiger charge is 2.00. The maximum absolute atomic E-state index is 11.5. The lowest BCUT2D eigenvalue weighted by molar-refractivity contribution is -0.116. The van der Waals surface area contributed by atoms with Gasteiger partial charge in [0.25, 0.3) is 0 Å². The van der Waals surface area contributed by atoms with Gasteiger partial charge >= 0.3 is 0 Å². The number of pyridine rings is 1. The Kier molecular flexibility index (Phi) is 5.20. The molecule has 3 N–H and O–H groups in total. The minimum absolute atomic E-state index is 0.0814. The summed E-state index contributed by atoms with van der Waals surface area (Å²) in [5.41, 5.74) is 6.32. The van der Waals surface area contributed by atoms with Crippen molar-refractivity contribution in [2.45, 2.75) is 20.3 Å². The molecule has 0 saturated heterocycles. The summed E-state index contributed by atoms with van der Waals surface area (Å²) in [4.78, 5) is 15.4. The molecule has 0 bridgehead atoms. The van der Waals surface area contributed by atoms with Crippen LogP contribution in [0.5, 0.6) is 0 Å². The molecule has 1 rings (SSSR count). The summed E-state index contributed by atoms with van der Waals surface area (Å²) in [5, 5.41) is 2.84. The molecule has 92 valence electrons. The number of nitrogens with zero attached hydrogens (tertiary/aromatic N) is 1. The van der Waals surface area contributed by atoms with Gasteiger partial charge in [-0.2, -0.15) is 0 Å². The molecule has 0 aliphatic heterocycles. The number of amides is 1. The topological polar surface area (TPSA) is 68.0 Å². The van der Waals surface area contributed by atoms with Crippen LogP contribution in [0.15, 0.2) is 24.4 Å². The quantitative estimate of drug-likeness (QED) is 0.762. The first-order valence-corrected chi connectivity index (χ1v) is 5.79. The Morgan fingerprint density at radius 3 is 2.94 bits per heavy atom. The average Bonchev–Trinajstić information content (AvgIpc) is 2.35. The van der Waals surface area contributed by atoms with Crippen LogP contribution in [0.25, 0.3) is 6.08 Å². The molecular formula is C13H19N3O. The Labute approximate surface area is 102 Å². The summed E-state index contributed by atoms with van der Waals surface area (Å²) in [6.07, 6.45) is 5.92. The predicted molar refractivity (Wildman–Crippen MR) is 70.1 cm³/mol. The van der Waals surface area contributed by atoms with Crippen molar-refractivity contribution in [1.82, 2.24) is 10.3 Å². The van der Waals surface area contributed by atoms with Gasteiger partial charge in [-0.3, -0.25) is 4.79 Å². The van der Waals surface area contributed by atoms with Crippen LogP contribution >= 0.6 is 0 Å². The zero-order valence-electron chi connectivity index (χ0n) is 10.3. The van der Waals surface area contributed by atoms with Gasteiger partial charge in [-0.15, -0.1) is 0 Å². The lowest BCUT2D eigenvalue weighted by Crippen LogP contribution is -2.26. The van der Waals surface area contributed by atoms with E-state index in [0.29, 0.717) is 18.3 Å². The Bertz CT molecular complexity index is 384. The molecule has 0 aliphatic carbocycles. The van der Waals surface area contributed by atoms with E-state index in [0.717, 1.165) is 12.0 Å².